The number of carboxylic acid groups (broad SMARTS) is 1. The predicted octanol–water partition coefficient (Wildman–Crippen LogP) is 3.94. The zero-order chi connectivity index (χ0) is 20.8. The Kier molecular flexibility index (Phi) is 4.57. The molecule has 1 amide bonds. The molecule has 2 aliphatic rings. The van der Waals surface area contributed by atoms with Gasteiger partial charge in [0.15, 0.2) is 5.78 Å². The minimum Gasteiger partial charge on any atom is -0.478 e. The summed E-state index contributed by atoms with van der Waals surface area (Å²) in [5.74, 6) is -1.33. The lowest BCUT2D eigenvalue weighted by Gasteiger charge is -2.43. The summed E-state index contributed by atoms with van der Waals surface area (Å²) in [6.07, 6.45) is 4.58. The van der Waals surface area contributed by atoms with Crippen LogP contribution in [0.15, 0.2) is 60.1 Å². The van der Waals surface area contributed by atoms with Gasteiger partial charge in [0.1, 0.15) is 0 Å². The number of ketones is 1. The van der Waals surface area contributed by atoms with Crippen LogP contribution in [0.4, 0.5) is 5.69 Å². The second kappa shape index (κ2) is 6.95. The SMILES string of the molecule is CC1(C)CC(=O)C2=C(C1)N(c1ccc(C(=O)O)cc1)C(=O)CC2c1ccncc1. The molecule has 1 N–H and O–H groups in total. The highest BCUT2D eigenvalue weighted by atomic mass is 16.4. The lowest BCUT2D eigenvalue weighted by Crippen LogP contribution is -2.43. The minimum atomic E-state index is -1.02. The first kappa shape index (κ1) is 19.1. The Morgan fingerprint density at radius 1 is 1.07 bits per heavy atom. The summed E-state index contributed by atoms with van der Waals surface area (Å²) < 4.78 is 0. The fourth-order valence-electron chi connectivity index (χ4n) is 4.35. The van der Waals surface area contributed by atoms with Crippen molar-refractivity contribution < 1.29 is 19.5 Å². The summed E-state index contributed by atoms with van der Waals surface area (Å²) in [5.41, 5.74) is 2.82. The molecule has 1 aliphatic carbocycles. The monoisotopic (exact) mass is 390 g/mol. The number of nitrogens with zero attached hydrogens (tertiary/aromatic N) is 2. The molecular formula is C23H22N2O4. The van der Waals surface area contributed by atoms with E-state index in [2.05, 4.69) is 4.98 Å². The van der Waals surface area contributed by atoms with Gasteiger partial charge in [-0.2, -0.15) is 0 Å². The molecule has 0 radical (unpaired) electrons. The molecule has 0 saturated heterocycles. The Morgan fingerprint density at radius 2 is 1.72 bits per heavy atom. The van der Waals surface area contributed by atoms with Gasteiger partial charge >= 0.3 is 5.97 Å². The van der Waals surface area contributed by atoms with Gasteiger partial charge in [-0.1, -0.05) is 13.8 Å². The number of aromatic nitrogens is 1. The van der Waals surface area contributed by atoms with Crippen molar-refractivity contribution in [2.24, 2.45) is 5.41 Å². The van der Waals surface area contributed by atoms with E-state index in [9.17, 15) is 14.4 Å². The number of rotatable bonds is 3. The summed E-state index contributed by atoms with van der Waals surface area (Å²) in [5, 5.41) is 9.15. The zero-order valence-corrected chi connectivity index (χ0v) is 16.4. The van der Waals surface area contributed by atoms with Crippen molar-refractivity contribution in [3.63, 3.8) is 0 Å². The van der Waals surface area contributed by atoms with Crippen molar-refractivity contribution in [3.8, 4) is 0 Å². The normalized spacial score (nSPS) is 21.2. The van der Waals surface area contributed by atoms with E-state index in [-0.39, 0.29) is 35.0 Å². The van der Waals surface area contributed by atoms with Gasteiger partial charge in [0.05, 0.1) is 5.56 Å². The van der Waals surface area contributed by atoms with E-state index in [0.717, 1.165) is 11.3 Å². The Balaban J connectivity index is 1.86. The van der Waals surface area contributed by atoms with Gasteiger partial charge in [0.25, 0.3) is 0 Å². The predicted molar refractivity (Wildman–Crippen MR) is 108 cm³/mol. The molecule has 4 rings (SSSR count). The van der Waals surface area contributed by atoms with E-state index in [1.807, 2.05) is 26.0 Å². The number of carboxylic acids is 1. The van der Waals surface area contributed by atoms with E-state index >= 15 is 0 Å². The maximum Gasteiger partial charge on any atom is 0.335 e. The maximum atomic E-state index is 13.2. The van der Waals surface area contributed by atoms with E-state index in [0.29, 0.717) is 24.1 Å². The molecule has 2 aromatic rings. The van der Waals surface area contributed by atoms with Crippen molar-refractivity contribution in [1.82, 2.24) is 4.98 Å². The summed E-state index contributed by atoms with van der Waals surface area (Å²) in [4.78, 5) is 43.2. The molecule has 6 nitrogen and oxygen atoms in total. The van der Waals surface area contributed by atoms with Crippen molar-refractivity contribution >= 4 is 23.3 Å². The highest BCUT2D eigenvalue weighted by Gasteiger charge is 2.44. The minimum absolute atomic E-state index is 0.0673. The Morgan fingerprint density at radius 3 is 2.34 bits per heavy atom. The number of Topliss-reactive ketones (excluding diaryl/α,β-unsaturated/α-hetero) is 1. The topological polar surface area (TPSA) is 87.6 Å². The van der Waals surface area contributed by atoms with Crippen LogP contribution in [0.25, 0.3) is 0 Å². The smallest absolute Gasteiger partial charge is 0.335 e. The first-order valence-corrected chi connectivity index (χ1v) is 9.59. The van der Waals surface area contributed by atoms with Crippen LogP contribution in [0, 0.1) is 5.41 Å². The first-order valence-electron chi connectivity index (χ1n) is 9.59. The molecule has 2 heterocycles. The molecule has 0 bridgehead atoms. The van der Waals surface area contributed by atoms with Gasteiger partial charge in [-0.3, -0.25) is 19.5 Å². The van der Waals surface area contributed by atoms with Gasteiger partial charge in [-0.05, 0) is 53.8 Å². The number of hydrogen-bond acceptors (Lipinski definition) is 4. The number of anilines is 1. The molecule has 0 saturated carbocycles. The molecule has 1 atom stereocenters. The van der Waals surface area contributed by atoms with Crippen molar-refractivity contribution in [2.75, 3.05) is 4.90 Å². The standard InChI is InChI=1S/C23H22N2O4/c1-23(2)12-18-21(19(26)13-23)17(14-7-9-24-10-8-14)11-20(27)25(18)16-5-3-15(4-6-16)22(28)29/h3-10,17H,11-13H2,1-2H3,(H,28,29). The van der Waals surface area contributed by atoms with Crippen molar-refractivity contribution in [3.05, 3.63) is 71.2 Å². The van der Waals surface area contributed by atoms with Gasteiger partial charge < -0.3 is 5.11 Å². The van der Waals surface area contributed by atoms with Gasteiger partial charge in [-0.25, -0.2) is 4.79 Å². The van der Waals surface area contributed by atoms with Crippen molar-refractivity contribution in [2.45, 2.75) is 39.0 Å². The van der Waals surface area contributed by atoms with Gasteiger partial charge in [-0.15, -0.1) is 0 Å². The van der Waals surface area contributed by atoms with Crippen LogP contribution in [-0.2, 0) is 9.59 Å². The summed E-state index contributed by atoms with van der Waals surface area (Å²) >= 11 is 0. The van der Waals surface area contributed by atoms with E-state index < -0.39 is 5.97 Å². The number of carbonyl (C=O) groups excluding carboxylic acids is 2. The molecule has 29 heavy (non-hydrogen) atoms. The third kappa shape index (κ3) is 3.46. The lowest BCUT2D eigenvalue weighted by atomic mass is 9.69. The summed E-state index contributed by atoms with van der Waals surface area (Å²) in [7, 11) is 0. The second-order valence-electron chi connectivity index (χ2n) is 8.42. The molecule has 1 aromatic heterocycles. The van der Waals surface area contributed by atoms with Crippen LogP contribution >= 0.6 is 0 Å². The molecule has 0 spiro atoms. The van der Waals surface area contributed by atoms with Crippen LogP contribution in [0.5, 0.6) is 0 Å². The Labute approximate surface area is 168 Å². The summed E-state index contributed by atoms with van der Waals surface area (Å²) in [6.45, 7) is 4.06. The van der Waals surface area contributed by atoms with Crippen molar-refractivity contribution in [1.29, 1.82) is 0 Å². The fraction of sp³-hybridized carbons (Fsp3) is 0.304. The van der Waals surface area contributed by atoms with Crippen LogP contribution < -0.4 is 4.90 Å². The molecular weight excluding hydrogens is 368 g/mol. The van der Waals surface area contributed by atoms with Gasteiger partial charge in [0, 0.05) is 48.1 Å². The maximum absolute atomic E-state index is 13.2. The van der Waals surface area contributed by atoms with Crippen LogP contribution in [-0.4, -0.2) is 27.8 Å². The van der Waals surface area contributed by atoms with Crippen LogP contribution in [0.3, 0.4) is 0 Å². The molecule has 0 fully saturated rings. The molecule has 6 heteroatoms. The highest BCUT2D eigenvalue weighted by Crippen LogP contribution is 2.48. The highest BCUT2D eigenvalue weighted by molar-refractivity contribution is 6.08. The largest absolute Gasteiger partial charge is 0.478 e. The number of aromatic carboxylic acids is 1. The molecule has 148 valence electrons. The summed E-state index contributed by atoms with van der Waals surface area (Å²) in [6, 6.07) is 9.93. The lowest BCUT2D eigenvalue weighted by molar-refractivity contribution is -0.121. The number of carbonyl (C=O) groups is 3. The molecule has 1 aliphatic heterocycles. The number of benzene rings is 1. The number of allylic oxidation sites excluding steroid dienone is 2. The van der Waals surface area contributed by atoms with Crippen LogP contribution in [0.1, 0.15) is 54.9 Å². The third-order valence-electron chi connectivity index (χ3n) is 5.62. The molecule has 1 aromatic carbocycles. The number of pyridine rings is 1. The average molecular weight is 390 g/mol. The second-order valence-corrected chi connectivity index (χ2v) is 8.42. The third-order valence-corrected chi connectivity index (χ3v) is 5.62. The average Bonchev–Trinajstić information content (AvgIpc) is 2.67. The van der Waals surface area contributed by atoms with E-state index in [4.69, 9.17) is 5.11 Å². The fourth-order valence-corrected chi connectivity index (χ4v) is 4.35. The quantitative estimate of drug-likeness (QED) is 0.858. The van der Waals surface area contributed by atoms with Crippen LogP contribution in [0.2, 0.25) is 0 Å². The van der Waals surface area contributed by atoms with Gasteiger partial charge in [0.2, 0.25) is 5.91 Å². The van der Waals surface area contributed by atoms with E-state index in [1.54, 1.807) is 29.4 Å². The number of amides is 1. The zero-order valence-electron chi connectivity index (χ0n) is 16.4. The Bertz CT molecular complexity index is 1020. The molecule has 1 unspecified atom stereocenters. The Hall–Kier alpha value is -3.28. The number of hydrogen-bond donors (Lipinski definition) is 1. The van der Waals surface area contributed by atoms with E-state index in [1.165, 1.54) is 12.1 Å². The first-order chi connectivity index (χ1) is 13.8.